The lowest BCUT2D eigenvalue weighted by Gasteiger charge is -2.06. The fourth-order valence-electron chi connectivity index (χ4n) is 2.44. The number of non-ortho nitro benzene ring substituents is 1. The molecule has 0 saturated heterocycles. The molecule has 0 aliphatic carbocycles. The van der Waals surface area contributed by atoms with Crippen LogP contribution in [0.15, 0.2) is 47.4 Å². The van der Waals surface area contributed by atoms with Crippen LogP contribution in [0.5, 0.6) is 0 Å². The summed E-state index contributed by atoms with van der Waals surface area (Å²) in [6.07, 6.45) is 0.946. The lowest BCUT2D eigenvalue weighted by molar-refractivity contribution is -0.396. The van der Waals surface area contributed by atoms with Gasteiger partial charge in [0.05, 0.1) is 22.2 Å². The Morgan fingerprint density at radius 2 is 1.56 bits per heavy atom. The molecule has 2 rings (SSSR count). The van der Waals surface area contributed by atoms with E-state index >= 15 is 0 Å². The van der Waals surface area contributed by atoms with Gasteiger partial charge in [-0.2, -0.15) is 8.42 Å². The first kappa shape index (κ1) is 26.4. The van der Waals surface area contributed by atoms with E-state index in [9.17, 15) is 37.1 Å². The van der Waals surface area contributed by atoms with Crippen molar-refractivity contribution in [2.24, 2.45) is 0 Å². The van der Waals surface area contributed by atoms with Crippen LogP contribution in [0.4, 0.5) is 11.4 Å². The fourth-order valence-corrected chi connectivity index (χ4v) is 3.90. The van der Waals surface area contributed by atoms with Crippen LogP contribution in [0.3, 0.4) is 0 Å². The molecule has 14 heteroatoms. The Hall–Kier alpha value is -3.82. The van der Waals surface area contributed by atoms with E-state index < -0.39 is 46.3 Å². The number of sulfonamides is 1. The lowest BCUT2D eigenvalue weighted by atomic mass is 10.1. The molecule has 0 amide bonds. The first-order valence-electron chi connectivity index (χ1n) is 9.24. The number of benzene rings is 2. The van der Waals surface area contributed by atoms with Gasteiger partial charge in [-0.1, -0.05) is 35.8 Å². The molecule has 0 heterocycles. The topological polar surface area (TPSA) is 176 Å². The van der Waals surface area contributed by atoms with Gasteiger partial charge in [0, 0.05) is 30.2 Å². The average molecular weight is 508 g/mol. The molecule has 34 heavy (non-hydrogen) atoms. The van der Waals surface area contributed by atoms with Gasteiger partial charge in [0.2, 0.25) is 10.0 Å². The molecule has 0 aliphatic rings. The highest BCUT2D eigenvalue weighted by Crippen LogP contribution is 2.28. The number of rotatable bonds is 8. The number of nitro benzene ring substituents is 2. The summed E-state index contributed by atoms with van der Waals surface area (Å²) >= 11 is 0. The second-order valence-electron chi connectivity index (χ2n) is 6.43. The zero-order valence-corrected chi connectivity index (χ0v) is 19.2. The average Bonchev–Trinajstić information content (AvgIpc) is 2.76. The van der Waals surface area contributed by atoms with Crippen LogP contribution in [0, 0.1) is 43.9 Å². The molecule has 0 spiro atoms. The zero-order chi connectivity index (χ0) is 25.4. The Bertz CT molecular complexity index is 1450. The third-order valence-corrected chi connectivity index (χ3v) is 5.95. The Labute approximate surface area is 195 Å². The Kier molecular flexibility index (Phi) is 8.83. The largest absolute Gasteiger partial charge is 0.296 e. The van der Waals surface area contributed by atoms with Crippen molar-refractivity contribution >= 4 is 31.5 Å². The molecule has 178 valence electrons. The monoisotopic (exact) mass is 507 g/mol. The van der Waals surface area contributed by atoms with E-state index in [0.717, 1.165) is 18.4 Å². The molecule has 0 aliphatic heterocycles. The van der Waals surface area contributed by atoms with Crippen molar-refractivity contribution in [3.63, 3.8) is 0 Å². The van der Waals surface area contributed by atoms with Gasteiger partial charge in [-0.05, 0) is 18.2 Å². The van der Waals surface area contributed by atoms with Crippen molar-refractivity contribution in [2.75, 3.05) is 19.4 Å². The van der Waals surface area contributed by atoms with Gasteiger partial charge in [0.25, 0.3) is 21.5 Å². The molecule has 2 aromatic rings. The first-order chi connectivity index (χ1) is 15.9. The molecule has 0 saturated carbocycles. The molecule has 0 unspecified atom stereocenters. The van der Waals surface area contributed by atoms with E-state index in [1.54, 1.807) is 24.3 Å². The Morgan fingerprint density at radius 3 is 2.12 bits per heavy atom. The van der Waals surface area contributed by atoms with Gasteiger partial charge < -0.3 is 0 Å². The Balaban J connectivity index is 2.08. The highest BCUT2D eigenvalue weighted by molar-refractivity contribution is 7.89. The van der Waals surface area contributed by atoms with Crippen LogP contribution in [-0.4, -0.2) is 46.1 Å². The number of hydrogen-bond donors (Lipinski definition) is 1. The molecular formula is C20H17N3O9S2. The maximum Gasteiger partial charge on any atom is 0.296 e. The highest BCUT2D eigenvalue weighted by Gasteiger charge is 2.28. The van der Waals surface area contributed by atoms with Crippen molar-refractivity contribution in [1.29, 1.82) is 0 Å². The highest BCUT2D eigenvalue weighted by atomic mass is 32.2. The number of hydrogen-bond acceptors (Lipinski definition) is 9. The minimum Gasteiger partial charge on any atom is -0.258 e. The third kappa shape index (κ3) is 7.95. The van der Waals surface area contributed by atoms with Gasteiger partial charge in [-0.3, -0.25) is 24.4 Å². The molecule has 0 radical (unpaired) electrons. The number of nitrogens with zero attached hydrogens (tertiary/aromatic N) is 2. The summed E-state index contributed by atoms with van der Waals surface area (Å²) < 4.78 is 53.5. The van der Waals surface area contributed by atoms with Crippen molar-refractivity contribution in [3.8, 4) is 23.7 Å². The molecule has 1 N–H and O–H groups in total. The van der Waals surface area contributed by atoms with Crippen molar-refractivity contribution in [1.82, 2.24) is 4.72 Å². The SMILES string of the molecule is CS(=O)(=O)OCC#Cc1ccccc1C#CCCNS(=O)(=O)c1ccc([N+](=O)[O-])cc1[N+](=O)[O-]. The van der Waals surface area contributed by atoms with Gasteiger partial charge >= 0.3 is 0 Å². The van der Waals surface area contributed by atoms with Gasteiger partial charge in [0.1, 0.15) is 6.61 Å². The molecule has 0 fully saturated rings. The third-order valence-electron chi connectivity index (χ3n) is 3.90. The van der Waals surface area contributed by atoms with Crippen LogP contribution in [0.1, 0.15) is 17.5 Å². The summed E-state index contributed by atoms with van der Waals surface area (Å²) in [5, 5.41) is 22.0. The smallest absolute Gasteiger partial charge is 0.258 e. The summed E-state index contributed by atoms with van der Waals surface area (Å²) in [5.41, 5.74) is -0.501. The van der Waals surface area contributed by atoms with E-state index in [1.165, 1.54) is 0 Å². The van der Waals surface area contributed by atoms with Crippen LogP contribution >= 0.6 is 0 Å². The van der Waals surface area contributed by atoms with Crippen LogP contribution in [0.2, 0.25) is 0 Å². The number of nitro groups is 2. The summed E-state index contributed by atoms with van der Waals surface area (Å²) in [7, 11) is -7.93. The second kappa shape index (κ2) is 11.4. The summed E-state index contributed by atoms with van der Waals surface area (Å²) in [4.78, 5) is 19.4. The predicted octanol–water partition coefficient (Wildman–Crippen LogP) is 1.55. The second-order valence-corrected chi connectivity index (χ2v) is 9.81. The van der Waals surface area contributed by atoms with Gasteiger partial charge in [-0.25, -0.2) is 13.1 Å². The number of nitrogens with one attached hydrogen (secondary N) is 1. The normalized spacial score (nSPS) is 11.0. The molecule has 0 bridgehead atoms. The molecule has 2 aromatic carbocycles. The quantitative estimate of drug-likeness (QED) is 0.183. The maximum atomic E-state index is 12.4. The molecular weight excluding hydrogens is 490 g/mol. The van der Waals surface area contributed by atoms with Crippen LogP contribution in [0.25, 0.3) is 0 Å². The fraction of sp³-hybridized carbons (Fsp3) is 0.200. The summed E-state index contributed by atoms with van der Waals surface area (Å²) in [6, 6.07) is 8.98. The predicted molar refractivity (Wildman–Crippen MR) is 121 cm³/mol. The molecule has 0 atom stereocenters. The van der Waals surface area contributed by atoms with E-state index in [1.807, 2.05) is 0 Å². The van der Waals surface area contributed by atoms with Crippen molar-refractivity contribution < 1.29 is 30.9 Å². The van der Waals surface area contributed by atoms with Crippen molar-refractivity contribution in [3.05, 3.63) is 73.8 Å². The van der Waals surface area contributed by atoms with E-state index in [2.05, 4.69) is 32.6 Å². The van der Waals surface area contributed by atoms with E-state index in [-0.39, 0.29) is 19.6 Å². The van der Waals surface area contributed by atoms with Gasteiger partial charge in [-0.15, -0.1) is 0 Å². The van der Waals surface area contributed by atoms with Crippen LogP contribution < -0.4 is 4.72 Å². The van der Waals surface area contributed by atoms with Crippen molar-refractivity contribution in [2.45, 2.75) is 11.3 Å². The summed E-state index contributed by atoms with van der Waals surface area (Å²) in [5.74, 6) is 10.9. The Morgan fingerprint density at radius 1 is 0.941 bits per heavy atom. The first-order valence-corrected chi connectivity index (χ1v) is 12.5. The standard InChI is InChI=1S/C20H17N3O9S2/c1-33(28,29)32-14-6-10-17-8-3-2-7-16(17)9-4-5-13-21-34(30,31)20-12-11-18(22(24)25)15-19(20)23(26)27/h2-3,7-8,11-12,15,21H,5,13-14H2,1H3. The molecule has 0 aromatic heterocycles. The minimum absolute atomic E-state index is 0.0406. The van der Waals surface area contributed by atoms with Gasteiger partial charge in [0.15, 0.2) is 4.90 Å². The lowest BCUT2D eigenvalue weighted by Crippen LogP contribution is -2.25. The summed E-state index contributed by atoms with van der Waals surface area (Å²) in [6.45, 7) is -0.503. The van der Waals surface area contributed by atoms with E-state index in [4.69, 9.17) is 0 Å². The van der Waals surface area contributed by atoms with E-state index in [0.29, 0.717) is 17.2 Å². The molecule has 12 nitrogen and oxygen atoms in total. The minimum atomic E-state index is -4.33. The zero-order valence-electron chi connectivity index (χ0n) is 17.5. The van der Waals surface area contributed by atoms with Crippen LogP contribution in [-0.2, 0) is 24.3 Å². The maximum absolute atomic E-state index is 12.4.